The van der Waals surface area contributed by atoms with Crippen LogP contribution in [-0.2, 0) is 17.7 Å². The van der Waals surface area contributed by atoms with Crippen molar-refractivity contribution in [2.75, 3.05) is 20.2 Å². The molecule has 112 valence electrons. The van der Waals surface area contributed by atoms with Gasteiger partial charge in [0.15, 0.2) is 0 Å². The van der Waals surface area contributed by atoms with Gasteiger partial charge in [-0.05, 0) is 38.1 Å². The number of carbonyl (C=O) groups is 1. The van der Waals surface area contributed by atoms with Crippen LogP contribution in [0.4, 0.5) is 4.79 Å². The summed E-state index contributed by atoms with van der Waals surface area (Å²) in [6.07, 6.45) is 0.0743. The number of carbonyl (C=O) groups excluding carboxylic acids is 1. The first-order valence-corrected chi connectivity index (χ1v) is 7.23. The smallest absolute Gasteiger partial charge is 0.434 e. The molecule has 0 aliphatic carbocycles. The van der Waals surface area contributed by atoms with Gasteiger partial charge in [0.1, 0.15) is 5.58 Å². The van der Waals surface area contributed by atoms with E-state index in [1.165, 1.54) is 0 Å². The highest BCUT2D eigenvalue weighted by molar-refractivity contribution is 6.32. The molecule has 0 amide bonds. The van der Waals surface area contributed by atoms with Gasteiger partial charge in [0.2, 0.25) is 0 Å². The van der Waals surface area contributed by atoms with Crippen LogP contribution in [0.5, 0.6) is 5.95 Å². The summed E-state index contributed by atoms with van der Waals surface area (Å²) >= 11 is 6.30. The lowest BCUT2D eigenvalue weighted by molar-refractivity contribution is 0.0947. The number of hydrogen-bond donors (Lipinski definition) is 0. The average molecular weight is 310 g/mol. The quantitative estimate of drug-likeness (QED) is 0.793. The van der Waals surface area contributed by atoms with Crippen molar-refractivity contribution in [3.63, 3.8) is 0 Å². The van der Waals surface area contributed by atoms with Crippen LogP contribution in [0.2, 0.25) is 5.02 Å². The Hall–Kier alpha value is -1.72. The molecule has 2 aromatic rings. The summed E-state index contributed by atoms with van der Waals surface area (Å²) in [5.74, 6) is 0.195. The van der Waals surface area contributed by atoms with Gasteiger partial charge in [0.05, 0.1) is 12.2 Å². The fourth-order valence-electron chi connectivity index (χ4n) is 2.63. The lowest BCUT2D eigenvalue weighted by atomic mass is 10.0. The number of halogens is 1. The Morgan fingerprint density at radius 3 is 3.00 bits per heavy atom. The predicted octanol–water partition coefficient (Wildman–Crippen LogP) is 3.61. The second-order valence-electron chi connectivity index (χ2n) is 5.04. The molecule has 1 aliphatic heterocycles. The SMILES string of the molecule is CCOC(=O)Oc1oc2ccc(Cl)c3c2c1CN(C)CC3. The third-order valence-corrected chi connectivity index (χ3v) is 3.93. The monoisotopic (exact) mass is 309 g/mol. The van der Waals surface area contributed by atoms with E-state index in [2.05, 4.69) is 4.90 Å². The van der Waals surface area contributed by atoms with Crippen LogP contribution in [0.3, 0.4) is 0 Å². The molecule has 0 fully saturated rings. The topological polar surface area (TPSA) is 51.9 Å². The number of nitrogens with zero attached hydrogens (tertiary/aromatic N) is 1. The molecule has 21 heavy (non-hydrogen) atoms. The second-order valence-corrected chi connectivity index (χ2v) is 5.45. The number of rotatable bonds is 2. The molecule has 1 aliphatic rings. The van der Waals surface area contributed by atoms with Crippen LogP contribution in [0.15, 0.2) is 16.5 Å². The van der Waals surface area contributed by atoms with Crippen molar-refractivity contribution in [3.05, 3.63) is 28.3 Å². The number of hydrogen-bond acceptors (Lipinski definition) is 5. The van der Waals surface area contributed by atoms with E-state index in [-0.39, 0.29) is 12.6 Å². The molecule has 0 spiro atoms. The van der Waals surface area contributed by atoms with E-state index in [0.29, 0.717) is 17.2 Å². The summed E-state index contributed by atoms with van der Waals surface area (Å²) < 4.78 is 15.7. The molecule has 0 saturated heterocycles. The van der Waals surface area contributed by atoms with Gasteiger partial charge in [-0.2, -0.15) is 0 Å². The van der Waals surface area contributed by atoms with Crippen LogP contribution >= 0.6 is 11.6 Å². The predicted molar refractivity (Wildman–Crippen MR) is 78.9 cm³/mol. The second kappa shape index (κ2) is 5.58. The standard InChI is InChI=1S/C15H16ClNO4/c1-3-19-15(18)21-14-10-8-17(2)7-6-9-11(16)4-5-12(20-14)13(9)10/h4-5H,3,6-8H2,1-2H3. The Balaban J connectivity index is 2.11. The molecule has 0 radical (unpaired) electrons. The molecular formula is C15H16ClNO4. The highest BCUT2D eigenvalue weighted by Gasteiger charge is 2.26. The summed E-state index contributed by atoms with van der Waals surface area (Å²) in [5.41, 5.74) is 2.56. The van der Waals surface area contributed by atoms with Gasteiger partial charge in [0, 0.05) is 23.5 Å². The lowest BCUT2D eigenvalue weighted by Gasteiger charge is -2.13. The Morgan fingerprint density at radius 2 is 2.24 bits per heavy atom. The number of benzene rings is 1. The number of ether oxygens (including phenoxy) is 2. The van der Waals surface area contributed by atoms with E-state index in [1.54, 1.807) is 13.0 Å². The summed E-state index contributed by atoms with van der Waals surface area (Å²) in [6.45, 7) is 3.49. The van der Waals surface area contributed by atoms with Crippen LogP contribution in [0.1, 0.15) is 18.1 Å². The minimum Gasteiger partial charge on any atom is -0.434 e. The van der Waals surface area contributed by atoms with Gasteiger partial charge in [-0.3, -0.25) is 0 Å². The summed E-state index contributed by atoms with van der Waals surface area (Å²) in [6, 6.07) is 3.61. The average Bonchev–Trinajstić information content (AvgIpc) is 2.65. The Bertz CT molecular complexity index is 695. The van der Waals surface area contributed by atoms with E-state index in [9.17, 15) is 4.79 Å². The minimum atomic E-state index is -0.757. The normalized spacial score (nSPS) is 15.0. The van der Waals surface area contributed by atoms with Gasteiger partial charge in [-0.25, -0.2) is 4.79 Å². The highest BCUT2D eigenvalue weighted by Crippen LogP contribution is 2.39. The van der Waals surface area contributed by atoms with Crippen molar-refractivity contribution in [1.82, 2.24) is 4.90 Å². The molecule has 0 unspecified atom stereocenters. The maximum absolute atomic E-state index is 11.6. The molecule has 3 rings (SSSR count). The van der Waals surface area contributed by atoms with Crippen molar-refractivity contribution in [2.24, 2.45) is 0 Å². The molecule has 0 N–H and O–H groups in total. The summed E-state index contributed by atoms with van der Waals surface area (Å²) in [4.78, 5) is 13.7. The zero-order valence-electron chi connectivity index (χ0n) is 11.9. The minimum absolute atomic E-state index is 0.195. The van der Waals surface area contributed by atoms with Crippen molar-refractivity contribution < 1.29 is 18.7 Å². The maximum Gasteiger partial charge on any atom is 0.516 e. The van der Waals surface area contributed by atoms with E-state index >= 15 is 0 Å². The van der Waals surface area contributed by atoms with Crippen LogP contribution in [-0.4, -0.2) is 31.3 Å². The Morgan fingerprint density at radius 1 is 1.43 bits per heavy atom. The zero-order valence-corrected chi connectivity index (χ0v) is 12.7. The molecule has 0 atom stereocenters. The molecule has 1 aromatic carbocycles. The first-order valence-electron chi connectivity index (χ1n) is 6.86. The van der Waals surface area contributed by atoms with Crippen molar-refractivity contribution in [2.45, 2.75) is 19.9 Å². The van der Waals surface area contributed by atoms with E-state index in [0.717, 1.165) is 29.5 Å². The Kier molecular flexibility index (Phi) is 3.78. The molecular weight excluding hydrogens is 294 g/mol. The van der Waals surface area contributed by atoms with Gasteiger partial charge >= 0.3 is 12.1 Å². The first kappa shape index (κ1) is 14.2. The summed E-state index contributed by atoms with van der Waals surface area (Å²) in [7, 11) is 2.01. The zero-order chi connectivity index (χ0) is 15.0. The van der Waals surface area contributed by atoms with E-state index < -0.39 is 6.16 Å². The molecule has 2 heterocycles. The highest BCUT2D eigenvalue weighted by atomic mass is 35.5. The molecule has 1 aromatic heterocycles. The third-order valence-electron chi connectivity index (χ3n) is 3.58. The number of likely N-dealkylation sites (N-methyl/N-ethyl adjacent to an activating group) is 1. The van der Waals surface area contributed by atoms with Crippen molar-refractivity contribution in [3.8, 4) is 5.95 Å². The maximum atomic E-state index is 11.6. The first-order chi connectivity index (χ1) is 10.1. The summed E-state index contributed by atoms with van der Waals surface area (Å²) in [5, 5.41) is 1.66. The van der Waals surface area contributed by atoms with E-state index in [1.807, 2.05) is 13.1 Å². The van der Waals surface area contributed by atoms with Gasteiger partial charge in [-0.1, -0.05) is 11.6 Å². The van der Waals surface area contributed by atoms with Crippen molar-refractivity contribution >= 4 is 28.7 Å². The van der Waals surface area contributed by atoms with E-state index in [4.69, 9.17) is 25.5 Å². The van der Waals surface area contributed by atoms with Gasteiger partial charge in [0.25, 0.3) is 0 Å². The molecule has 6 heteroatoms. The van der Waals surface area contributed by atoms with Crippen LogP contribution in [0.25, 0.3) is 11.0 Å². The van der Waals surface area contributed by atoms with Crippen molar-refractivity contribution in [1.29, 1.82) is 0 Å². The van der Waals surface area contributed by atoms with Gasteiger partial charge < -0.3 is 18.8 Å². The largest absolute Gasteiger partial charge is 0.516 e. The fraction of sp³-hybridized carbons (Fsp3) is 0.400. The third kappa shape index (κ3) is 2.59. The fourth-order valence-corrected chi connectivity index (χ4v) is 2.88. The lowest BCUT2D eigenvalue weighted by Crippen LogP contribution is -2.19. The molecule has 0 bridgehead atoms. The van der Waals surface area contributed by atoms with Crippen LogP contribution < -0.4 is 4.74 Å². The molecule has 5 nitrogen and oxygen atoms in total. The van der Waals surface area contributed by atoms with Gasteiger partial charge in [-0.15, -0.1) is 0 Å². The van der Waals surface area contributed by atoms with Crippen LogP contribution in [0, 0.1) is 0 Å². The molecule has 0 saturated carbocycles. The number of furan rings is 1. The Labute approximate surface area is 127 Å².